The average molecular weight is 264 g/mol. The molecule has 0 atom stereocenters. The molecule has 1 aliphatic carbocycles. The van der Waals surface area contributed by atoms with Gasteiger partial charge in [0, 0.05) is 11.1 Å². The second-order valence-corrected chi connectivity index (χ2v) is 4.23. The number of aliphatic hydroxyl groups excluding tert-OH is 3. The summed E-state index contributed by atoms with van der Waals surface area (Å²) in [4.78, 5) is 23.7. The number of benzene rings is 1. The van der Waals surface area contributed by atoms with Crippen LogP contribution < -0.4 is 0 Å². The largest absolute Gasteiger partial charge is 0.507 e. The Labute approximate surface area is 108 Å². The van der Waals surface area contributed by atoms with E-state index in [1.54, 1.807) is 0 Å². The predicted molar refractivity (Wildman–Crippen MR) is 64.5 cm³/mol. The fraction of sp³-hybridized carbons (Fsp3) is 0.231. The third-order valence-electron chi connectivity index (χ3n) is 3.20. The Kier molecular flexibility index (Phi) is 3.13. The van der Waals surface area contributed by atoms with E-state index in [1.807, 2.05) is 0 Å². The Morgan fingerprint density at radius 1 is 1.00 bits per heavy atom. The van der Waals surface area contributed by atoms with E-state index in [-0.39, 0.29) is 27.8 Å². The molecule has 0 saturated heterocycles. The summed E-state index contributed by atoms with van der Waals surface area (Å²) in [6.07, 6.45) is 0. The van der Waals surface area contributed by atoms with Crippen molar-refractivity contribution >= 4 is 17.3 Å². The number of aromatic hydroxyl groups is 1. The number of allylic oxidation sites excluding steroid dienone is 1. The first-order valence-corrected chi connectivity index (χ1v) is 5.52. The van der Waals surface area contributed by atoms with E-state index in [0.29, 0.717) is 0 Å². The molecule has 0 bridgehead atoms. The lowest BCUT2D eigenvalue weighted by Crippen LogP contribution is -2.25. The number of ketones is 2. The van der Waals surface area contributed by atoms with Gasteiger partial charge in [-0.25, -0.2) is 0 Å². The fourth-order valence-corrected chi connectivity index (χ4v) is 2.15. The quantitative estimate of drug-likeness (QED) is 0.576. The Morgan fingerprint density at radius 3 is 2.16 bits per heavy atom. The molecule has 6 nitrogen and oxygen atoms in total. The molecule has 0 saturated carbocycles. The maximum atomic E-state index is 12.0. The second-order valence-electron chi connectivity index (χ2n) is 4.23. The number of carbonyl (C=O) groups excluding carboxylic acids is 2. The molecule has 6 heteroatoms. The third kappa shape index (κ3) is 1.73. The first kappa shape index (κ1) is 13.3. The predicted octanol–water partition coefficient (Wildman–Crippen LogP) is 0.431. The number of fused-ring (bicyclic) bond motifs is 1. The molecule has 1 aliphatic rings. The van der Waals surface area contributed by atoms with E-state index < -0.39 is 36.3 Å². The van der Waals surface area contributed by atoms with Gasteiger partial charge in [0.05, 0.1) is 18.8 Å². The first-order chi connectivity index (χ1) is 8.93. The Morgan fingerprint density at radius 2 is 1.63 bits per heavy atom. The van der Waals surface area contributed by atoms with E-state index in [1.165, 1.54) is 6.92 Å². The van der Waals surface area contributed by atoms with Gasteiger partial charge in [-0.1, -0.05) is 0 Å². The maximum absolute atomic E-state index is 12.0. The molecule has 0 radical (unpaired) electrons. The van der Waals surface area contributed by atoms with Crippen molar-refractivity contribution in [3.8, 4) is 5.75 Å². The molecule has 4 N–H and O–H groups in total. The zero-order valence-corrected chi connectivity index (χ0v) is 10.1. The molecule has 0 heterocycles. The highest BCUT2D eigenvalue weighted by Gasteiger charge is 2.35. The second kappa shape index (κ2) is 4.49. The number of rotatable bonds is 2. The number of hydrogen-bond acceptors (Lipinski definition) is 6. The highest BCUT2D eigenvalue weighted by Crippen LogP contribution is 2.38. The van der Waals surface area contributed by atoms with Crippen LogP contribution in [0.15, 0.2) is 11.6 Å². The summed E-state index contributed by atoms with van der Waals surface area (Å²) in [7, 11) is 0. The minimum atomic E-state index is -0.917. The van der Waals surface area contributed by atoms with Crippen molar-refractivity contribution in [1.82, 2.24) is 0 Å². The maximum Gasteiger partial charge on any atom is 0.234 e. The van der Waals surface area contributed by atoms with Gasteiger partial charge in [0.15, 0.2) is 0 Å². The van der Waals surface area contributed by atoms with Crippen molar-refractivity contribution in [3.05, 3.63) is 33.9 Å². The molecule has 2 rings (SSSR count). The highest BCUT2D eigenvalue weighted by atomic mass is 16.3. The molecule has 0 spiro atoms. The van der Waals surface area contributed by atoms with Crippen LogP contribution >= 0.6 is 0 Å². The van der Waals surface area contributed by atoms with Gasteiger partial charge in [-0.2, -0.15) is 0 Å². The topological polar surface area (TPSA) is 115 Å². The van der Waals surface area contributed by atoms with Crippen LogP contribution in [0.25, 0.3) is 5.76 Å². The molecule has 0 aromatic heterocycles. The molecule has 100 valence electrons. The van der Waals surface area contributed by atoms with E-state index in [9.17, 15) is 24.9 Å². The minimum absolute atomic E-state index is 0.0349. The van der Waals surface area contributed by atoms with Gasteiger partial charge < -0.3 is 20.4 Å². The number of hydrogen-bond donors (Lipinski definition) is 4. The van der Waals surface area contributed by atoms with Crippen molar-refractivity contribution in [3.63, 3.8) is 0 Å². The van der Waals surface area contributed by atoms with Crippen LogP contribution in [0.5, 0.6) is 5.75 Å². The minimum Gasteiger partial charge on any atom is -0.507 e. The van der Waals surface area contributed by atoms with Gasteiger partial charge in [-0.3, -0.25) is 9.59 Å². The fourth-order valence-electron chi connectivity index (χ4n) is 2.15. The Balaban J connectivity index is 2.92. The SMILES string of the molecule is CC1=C(O)c2c(O)cc(CO)c(CO)c2C(=O)C1=O. The number of Topliss-reactive ketones (excluding diaryl/α,β-unsaturated/α-hetero) is 2. The molecule has 1 aromatic carbocycles. The van der Waals surface area contributed by atoms with E-state index in [4.69, 9.17) is 5.11 Å². The summed E-state index contributed by atoms with van der Waals surface area (Å²) < 4.78 is 0. The summed E-state index contributed by atoms with van der Waals surface area (Å²) in [5.41, 5.74) is -0.420. The van der Waals surface area contributed by atoms with Crippen LogP contribution in [0.1, 0.15) is 34.0 Å². The molecular formula is C13H12O6. The highest BCUT2D eigenvalue weighted by molar-refractivity contribution is 6.52. The van der Waals surface area contributed by atoms with Crippen molar-refractivity contribution in [1.29, 1.82) is 0 Å². The van der Waals surface area contributed by atoms with Crippen LogP contribution in [0.3, 0.4) is 0 Å². The summed E-state index contributed by atoms with van der Waals surface area (Å²) in [6.45, 7) is 0.169. The first-order valence-electron chi connectivity index (χ1n) is 5.52. The number of phenolic OH excluding ortho intramolecular Hbond substituents is 1. The molecule has 1 aromatic rings. The van der Waals surface area contributed by atoms with Crippen LogP contribution in [-0.2, 0) is 18.0 Å². The Hall–Kier alpha value is -2.18. The van der Waals surface area contributed by atoms with Crippen molar-refractivity contribution in [2.45, 2.75) is 20.1 Å². The number of phenols is 1. The van der Waals surface area contributed by atoms with Gasteiger partial charge in [0.1, 0.15) is 11.5 Å². The van der Waals surface area contributed by atoms with E-state index in [0.717, 1.165) is 6.07 Å². The van der Waals surface area contributed by atoms with Gasteiger partial charge in [0.2, 0.25) is 11.6 Å². The van der Waals surface area contributed by atoms with Crippen LogP contribution in [0, 0.1) is 0 Å². The van der Waals surface area contributed by atoms with Crippen molar-refractivity contribution < 1.29 is 30.0 Å². The lowest BCUT2D eigenvalue weighted by molar-refractivity contribution is -0.111. The van der Waals surface area contributed by atoms with Crippen LogP contribution in [0.2, 0.25) is 0 Å². The van der Waals surface area contributed by atoms with Gasteiger partial charge >= 0.3 is 0 Å². The van der Waals surface area contributed by atoms with E-state index >= 15 is 0 Å². The molecule has 0 unspecified atom stereocenters. The summed E-state index contributed by atoms with van der Waals surface area (Å²) in [5, 5.41) is 38.2. The summed E-state index contributed by atoms with van der Waals surface area (Å²) in [6, 6.07) is 1.15. The summed E-state index contributed by atoms with van der Waals surface area (Å²) in [5.74, 6) is -2.72. The van der Waals surface area contributed by atoms with Gasteiger partial charge in [-0.15, -0.1) is 0 Å². The number of carbonyl (C=O) groups is 2. The lowest BCUT2D eigenvalue weighted by Gasteiger charge is -2.21. The van der Waals surface area contributed by atoms with Crippen molar-refractivity contribution in [2.24, 2.45) is 0 Å². The third-order valence-corrected chi connectivity index (χ3v) is 3.20. The van der Waals surface area contributed by atoms with Gasteiger partial charge in [-0.05, 0) is 24.1 Å². The molecule has 0 fully saturated rings. The standard InChI is InChI=1S/C13H12O6/c1-5-11(17)10-8(16)2-6(3-14)7(4-15)9(10)13(19)12(5)18/h2,14-17H,3-4H2,1H3. The van der Waals surface area contributed by atoms with Crippen molar-refractivity contribution in [2.75, 3.05) is 0 Å². The number of aliphatic hydroxyl groups is 3. The van der Waals surface area contributed by atoms with Crippen LogP contribution in [0.4, 0.5) is 0 Å². The normalized spacial score (nSPS) is 14.9. The molecule has 19 heavy (non-hydrogen) atoms. The Bertz CT molecular complexity index is 627. The lowest BCUT2D eigenvalue weighted by atomic mass is 9.84. The molecule has 0 aliphatic heterocycles. The zero-order chi connectivity index (χ0) is 14.3. The zero-order valence-electron chi connectivity index (χ0n) is 10.1. The molecule has 0 amide bonds. The van der Waals surface area contributed by atoms with Gasteiger partial charge in [0.25, 0.3) is 0 Å². The smallest absolute Gasteiger partial charge is 0.234 e. The van der Waals surface area contributed by atoms with E-state index in [2.05, 4.69) is 0 Å². The monoisotopic (exact) mass is 264 g/mol. The summed E-state index contributed by atoms with van der Waals surface area (Å²) >= 11 is 0. The van der Waals surface area contributed by atoms with Crippen LogP contribution in [-0.4, -0.2) is 32.0 Å². The molecular weight excluding hydrogens is 252 g/mol. The average Bonchev–Trinajstić information content (AvgIpc) is 2.41.